The number of rotatable bonds is 12. The summed E-state index contributed by atoms with van der Waals surface area (Å²) in [5, 5.41) is 6.47. The van der Waals surface area contributed by atoms with Gasteiger partial charge in [0.1, 0.15) is 0 Å². The van der Waals surface area contributed by atoms with Crippen molar-refractivity contribution >= 4 is 22.1 Å². The minimum absolute atomic E-state index is 0. The lowest BCUT2D eigenvalue weighted by molar-refractivity contribution is -0.147. The van der Waals surface area contributed by atoms with E-state index in [2.05, 4.69) is 6.92 Å². The third-order valence-corrected chi connectivity index (χ3v) is 4.05. The molecule has 0 saturated heterocycles. The van der Waals surface area contributed by atoms with Crippen molar-refractivity contribution in [1.29, 1.82) is 0 Å². The van der Waals surface area contributed by atoms with Gasteiger partial charge in [0, 0.05) is 0 Å². The molecule has 8 nitrogen and oxygen atoms in total. The van der Waals surface area contributed by atoms with Crippen molar-refractivity contribution in [3.05, 3.63) is 0 Å². The van der Waals surface area contributed by atoms with Crippen LogP contribution >= 0.6 is 0 Å². The first-order valence-electron chi connectivity index (χ1n) is 7.13. The van der Waals surface area contributed by atoms with Crippen molar-refractivity contribution in [1.82, 2.24) is 6.15 Å². The predicted octanol–water partition coefficient (Wildman–Crippen LogP) is 2.17. The van der Waals surface area contributed by atoms with Crippen LogP contribution in [-0.4, -0.2) is 41.9 Å². The van der Waals surface area contributed by atoms with E-state index in [9.17, 15) is 18.0 Å². The number of carbonyl (C=O) groups excluding carboxylic acids is 1. The molecule has 0 aliphatic rings. The van der Waals surface area contributed by atoms with Gasteiger partial charge >= 0.3 is 11.9 Å². The topological polar surface area (TPSA) is 153 Å². The fraction of sp³-hybridized carbons (Fsp3) is 0.846. The summed E-state index contributed by atoms with van der Waals surface area (Å²) in [6.07, 6.45) is 6.07. The molecule has 0 spiro atoms. The Kier molecular flexibility index (Phi) is 13.0. The summed E-state index contributed by atoms with van der Waals surface area (Å²) in [4.78, 5) is 22.0. The summed E-state index contributed by atoms with van der Waals surface area (Å²) in [6, 6.07) is 0. The fourth-order valence-electron chi connectivity index (χ4n) is 1.79. The van der Waals surface area contributed by atoms with Crippen LogP contribution in [0.1, 0.15) is 58.3 Å². The van der Waals surface area contributed by atoms with E-state index in [1.54, 1.807) is 0 Å². The number of unbranched alkanes of at least 4 members (excludes halogenated alkanes) is 6. The number of hydrogen-bond acceptors (Lipinski definition) is 6. The molecule has 22 heavy (non-hydrogen) atoms. The summed E-state index contributed by atoms with van der Waals surface area (Å²) in [5.74, 6) is -2.71. The van der Waals surface area contributed by atoms with Crippen LogP contribution in [-0.2, 0) is 24.4 Å². The molecule has 0 heterocycles. The second-order valence-electron chi connectivity index (χ2n) is 4.89. The molecule has 0 bridgehead atoms. The second-order valence-corrected chi connectivity index (χ2v) is 6.49. The SMILES string of the molecule is CCCCCCCCCOC(=O)C(CC(=O)O)S(=O)(=O)O.N. The highest BCUT2D eigenvalue weighted by atomic mass is 32.2. The Morgan fingerprint density at radius 2 is 1.55 bits per heavy atom. The van der Waals surface area contributed by atoms with E-state index in [1.165, 1.54) is 12.8 Å². The predicted molar refractivity (Wildman–Crippen MR) is 81.6 cm³/mol. The first-order chi connectivity index (χ1) is 9.79. The molecule has 0 aromatic carbocycles. The molecule has 0 fully saturated rings. The number of carboxylic acids is 1. The number of aliphatic carboxylic acids is 1. The molecule has 0 amide bonds. The molecule has 0 radical (unpaired) electrons. The van der Waals surface area contributed by atoms with E-state index in [4.69, 9.17) is 14.4 Å². The molecule has 0 aromatic heterocycles. The summed E-state index contributed by atoms with van der Waals surface area (Å²) in [5.41, 5.74) is 0. The average molecular weight is 341 g/mol. The van der Waals surface area contributed by atoms with Gasteiger partial charge in [-0.3, -0.25) is 14.1 Å². The van der Waals surface area contributed by atoms with Gasteiger partial charge in [-0.2, -0.15) is 8.42 Å². The van der Waals surface area contributed by atoms with Crippen molar-refractivity contribution < 1.29 is 32.4 Å². The molecular formula is C13H27NO7S. The van der Waals surface area contributed by atoms with Crippen molar-refractivity contribution in [2.24, 2.45) is 0 Å². The first-order valence-corrected chi connectivity index (χ1v) is 8.64. The maximum Gasteiger partial charge on any atom is 0.327 e. The van der Waals surface area contributed by atoms with E-state index >= 15 is 0 Å². The zero-order valence-corrected chi connectivity index (χ0v) is 13.8. The number of carbonyl (C=O) groups is 2. The Morgan fingerprint density at radius 1 is 1.05 bits per heavy atom. The van der Waals surface area contributed by atoms with Crippen LogP contribution in [0, 0.1) is 0 Å². The molecule has 5 N–H and O–H groups in total. The maximum absolute atomic E-state index is 11.5. The monoisotopic (exact) mass is 341 g/mol. The van der Waals surface area contributed by atoms with Crippen LogP contribution in [0.15, 0.2) is 0 Å². The van der Waals surface area contributed by atoms with Gasteiger partial charge in [-0.25, -0.2) is 0 Å². The summed E-state index contributed by atoms with van der Waals surface area (Å²) >= 11 is 0. The van der Waals surface area contributed by atoms with Crippen LogP contribution in [0.2, 0.25) is 0 Å². The van der Waals surface area contributed by atoms with Gasteiger partial charge in [-0.15, -0.1) is 0 Å². The Hall–Kier alpha value is -1.19. The molecule has 0 saturated carbocycles. The van der Waals surface area contributed by atoms with E-state index in [-0.39, 0.29) is 12.8 Å². The number of ether oxygens (including phenoxy) is 1. The van der Waals surface area contributed by atoms with E-state index in [1.807, 2.05) is 0 Å². The number of esters is 1. The first kappa shape index (κ1) is 23.1. The lowest BCUT2D eigenvalue weighted by Crippen LogP contribution is -2.34. The second kappa shape index (κ2) is 12.4. The zero-order chi connectivity index (χ0) is 16.3. The van der Waals surface area contributed by atoms with Crippen LogP contribution in [0.5, 0.6) is 0 Å². The van der Waals surface area contributed by atoms with Gasteiger partial charge in [0.2, 0.25) is 0 Å². The van der Waals surface area contributed by atoms with Crippen LogP contribution in [0.25, 0.3) is 0 Å². The summed E-state index contributed by atoms with van der Waals surface area (Å²) < 4.78 is 35.4. The summed E-state index contributed by atoms with van der Waals surface area (Å²) in [7, 11) is -4.77. The molecule has 0 rings (SSSR count). The van der Waals surface area contributed by atoms with Gasteiger partial charge < -0.3 is 16.0 Å². The largest absolute Gasteiger partial charge is 0.481 e. The highest BCUT2D eigenvalue weighted by Crippen LogP contribution is 2.10. The lowest BCUT2D eigenvalue weighted by atomic mass is 10.1. The Labute approximate surface area is 131 Å². The highest BCUT2D eigenvalue weighted by molar-refractivity contribution is 7.87. The van der Waals surface area contributed by atoms with Crippen LogP contribution < -0.4 is 6.15 Å². The Bertz CT molecular complexity index is 422. The van der Waals surface area contributed by atoms with Crippen molar-refractivity contribution in [2.75, 3.05) is 6.61 Å². The van der Waals surface area contributed by atoms with Gasteiger partial charge in [0.05, 0.1) is 13.0 Å². The smallest absolute Gasteiger partial charge is 0.327 e. The highest BCUT2D eigenvalue weighted by Gasteiger charge is 2.34. The normalized spacial score (nSPS) is 12.3. The minimum Gasteiger partial charge on any atom is -0.481 e. The average Bonchev–Trinajstić information content (AvgIpc) is 2.37. The van der Waals surface area contributed by atoms with Gasteiger partial charge in [-0.1, -0.05) is 45.4 Å². The third kappa shape index (κ3) is 11.5. The molecule has 0 aliphatic heterocycles. The van der Waals surface area contributed by atoms with Crippen molar-refractivity contribution in [2.45, 2.75) is 63.5 Å². The summed E-state index contributed by atoms with van der Waals surface area (Å²) in [6.45, 7) is 2.15. The van der Waals surface area contributed by atoms with Gasteiger partial charge in [0.15, 0.2) is 5.25 Å². The lowest BCUT2D eigenvalue weighted by Gasteiger charge is -2.11. The van der Waals surface area contributed by atoms with Crippen molar-refractivity contribution in [3.8, 4) is 0 Å². The van der Waals surface area contributed by atoms with Crippen LogP contribution in [0.3, 0.4) is 0 Å². The molecule has 0 aliphatic carbocycles. The molecular weight excluding hydrogens is 314 g/mol. The Morgan fingerprint density at radius 3 is 2.00 bits per heavy atom. The maximum atomic E-state index is 11.5. The van der Waals surface area contributed by atoms with Gasteiger partial charge in [-0.05, 0) is 6.42 Å². The molecule has 0 aromatic rings. The van der Waals surface area contributed by atoms with E-state index < -0.39 is 33.7 Å². The quantitative estimate of drug-likeness (QED) is 0.277. The third-order valence-electron chi connectivity index (χ3n) is 2.97. The Balaban J connectivity index is 0. The van der Waals surface area contributed by atoms with Crippen molar-refractivity contribution in [3.63, 3.8) is 0 Å². The zero-order valence-electron chi connectivity index (χ0n) is 13.0. The standard InChI is InChI=1S/C13H24O7S.H3N/c1-2-3-4-5-6-7-8-9-20-13(16)11(10-12(14)15)21(17,18)19;/h11H,2-10H2,1H3,(H,14,15)(H,17,18,19);1H3. The fourth-order valence-corrected chi connectivity index (χ4v) is 2.46. The number of hydrogen-bond donors (Lipinski definition) is 3. The molecule has 9 heteroatoms. The molecule has 1 atom stereocenters. The van der Waals surface area contributed by atoms with Crippen LogP contribution in [0.4, 0.5) is 0 Å². The van der Waals surface area contributed by atoms with E-state index in [0.717, 1.165) is 25.7 Å². The molecule has 132 valence electrons. The minimum atomic E-state index is -4.77. The van der Waals surface area contributed by atoms with Gasteiger partial charge in [0.25, 0.3) is 10.1 Å². The molecule has 1 unspecified atom stereocenters. The number of carboxylic acid groups (broad SMARTS) is 1. The van der Waals surface area contributed by atoms with E-state index in [0.29, 0.717) is 6.42 Å².